The molecular weight excluding hydrogens is 387 g/mol. The number of hydrogen-bond donors (Lipinski definition) is 4. The fourth-order valence-electron chi connectivity index (χ4n) is 2.49. The van der Waals surface area contributed by atoms with E-state index in [1.165, 1.54) is 12.1 Å². The van der Waals surface area contributed by atoms with Crippen LogP contribution in [-0.4, -0.2) is 23.5 Å². The number of nitrogens with two attached hydrogens (primary N) is 1. The summed E-state index contributed by atoms with van der Waals surface area (Å²) in [6.07, 6.45) is 5.38. The number of hydrogen-bond acceptors (Lipinski definition) is 4. The fraction of sp³-hybridized carbons (Fsp3) is 0.200. The molecule has 0 atom stereocenters. The fourth-order valence-corrected chi connectivity index (χ4v) is 2.49. The molecule has 0 saturated heterocycles. The molecule has 0 aliphatic rings. The third-order valence-electron chi connectivity index (χ3n) is 3.98. The van der Waals surface area contributed by atoms with Gasteiger partial charge in [0.2, 0.25) is 5.91 Å². The first-order chi connectivity index (χ1) is 13.8. The number of benzene rings is 2. The van der Waals surface area contributed by atoms with Crippen molar-refractivity contribution in [2.75, 3.05) is 11.9 Å². The first-order valence-electron chi connectivity index (χ1n) is 8.49. The first kappa shape index (κ1) is 21.8. The van der Waals surface area contributed by atoms with Crippen LogP contribution in [0.3, 0.4) is 0 Å². The van der Waals surface area contributed by atoms with Gasteiger partial charge in [-0.3, -0.25) is 9.59 Å². The van der Waals surface area contributed by atoms with E-state index >= 15 is 0 Å². The molecular formula is C20H18F3N3O3. The Morgan fingerprint density at radius 1 is 1.17 bits per heavy atom. The standard InChI is InChI=1S/C20H18F3N3O3/c1-2-11-5-6-15(14(21)8-11)26-19-13(20(24)29)9-12(17(22)18(19)23)10-25-16(28)4-3-7-27/h1,5-6,8-9,26-27H,3-4,7,10H2,(H2,24,29)(H,25,28). The smallest absolute Gasteiger partial charge is 0.250 e. The van der Waals surface area contributed by atoms with Crippen LogP contribution in [0.4, 0.5) is 24.5 Å². The van der Waals surface area contributed by atoms with Crippen LogP contribution < -0.4 is 16.4 Å². The monoisotopic (exact) mass is 405 g/mol. The van der Waals surface area contributed by atoms with Crippen LogP contribution in [0.5, 0.6) is 0 Å². The van der Waals surface area contributed by atoms with Crippen LogP contribution in [0, 0.1) is 29.8 Å². The lowest BCUT2D eigenvalue weighted by molar-refractivity contribution is -0.121. The molecule has 0 spiro atoms. The minimum absolute atomic E-state index is 0.00412. The lowest BCUT2D eigenvalue weighted by atomic mass is 10.1. The van der Waals surface area contributed by atoms with Crippen molar-refractivity contribution in [2.45, 2.75) is 19.4 Å². The number of nitrogens with one attached hydrogen (secondary N) is 2. The van der Waals surface area contributed by atoms with E-state index in [-0.39, 0.29) is 36.3 Å². The lowest BCUT2D eigenvalue weighted by Gasteiger charge is -2.15. The average molecular weight is 405 g/mol. The highest BCUT2D eigenvalue weighted by Crippen LogP contribution is 2.30. The third-order valence-corrected chi connectivity index (χ3v) is 3.98. The Morgan fingerprint density at radius 3 is 2.48 bits per heavy atom. The molecule has 152 valence electrons. The molecule has 5 N–H and O–H groups in total. The van der Waals surface area contributed by atoms with E-state index in [0.717, 1.165) is 12.1 Å². The highest BCUT2D eigenvalue weighted by Gasteiger charge is 2.22. The number of terminal acetylenes is 1. The molecule has 0 heterocycles. The molecule has 0 saturated carbocycles. The minimum Gasteiger partial charge on any atom is -0.396 e. The first-order valence-corrected chi connectivity index (χ1v) is 8.49. The maximum atomic E-state index is 14.6. The van der Waals surface area contributed by atoms with E-state index < -0.39 is 47.1 Å². The van der Waals surface area contributed by atoms with Crippen molar-refractivity contribution < 1.29 is 27.9 Å². The molecule has 2 aromatic rings. The van der Waals surface area contributed by atoms with Gasteiger partial charge in [0.15, 0.2) is 11.6 Å². The molecule has 0 fully saturated rings. The minimum atomic E-state index is -1.46. The van der Waals surface area contributed by atoms with E-state index in [4.69, 9.17) is 17.3 Å². The molecule has 0 bridgehead atoms. The molecule has 9 heteroatoms. The maximum absolute atomic E-state index is 14.6. The zero-order valence-corrected chi connectivity index (χ0v) is 15.2. The summed E-state index contributed by atoms with van der Waals surface area (Å²) in [6, 6.07) is 4.57. The number of amides is 2. The molecule has 6 nitrogen and oxygen atoms in total. The number of carbonyl (C=O) groups excluding carboxylic acids is 2. The molecule has 2 rings (SSSR count). The summed E-state index contributed by atoms with van der Waals surface area (Å²) in [5.74, 6) is -2.97. The van der Waals surface area contributed by atoms with Crippen molar-refractivity contribution in [1.29, 1.82) is 0 Å². The SMILES string of the molecule is C#Cc1ccc(Nc2c(C(N)=O)cc(CNC(=O)CCCO)c(F)c2F)c(F)c1. The Balaban J connectivity index is 2.36. The van der Waals surface area contributed by atoms with E-state index in [2.05, 4.69) is 16.6 Å². The number of rotatable bonds is 8. The van der Waals surface area contributed by atoms with E-state index in [1.54, 1.807) is 0 Å². The highest BCUT2D eigenvalue weighted by molar-refractivity contribution is 5.99. The zero-order chi connectivity index (χ0) is 21.6. The van der Waals surface area contributed by atoms with Crippen LogP contribution in [0.15, 0.2) is 24.3 Å². The van der Waals surface area contributed by atoms with Crippen molar-refractivity contribution in [1.82, 2.24) is 5.32 Å². The molecule has 0 radical (unpaired) electrons. The van der Waals surface area contributed by atoms with Gasteiger partial charge in [0.1, 0.15) is 5.82 Å². The van der Waals surface area contributed by atoms with Crippen molar-refractivity contribution in [3.05, 3.63) is 58.4 Å². The molecule has 0 aromatic heterocycles. The number of halogens is 3. The summed E-state index contributed by atoms with van der Waals surface area (Å²) in [6.45, 7) is -0.597. The van der Waals surface area contributed by atoms with Gasteiger partial charge in [-0.2, -0.15) is 0 Å². The summed E-state index contributed by atoms with van der Waals surface area (Å²) >= 11 is 0. The summed E-state index contributed by atoms with van der Waals surface area (Å²) in [7, 11) is 0. The Morgan fingerprint density at radius 2 is 1.90 bits per heavy atom. The average Bonchev–Trinajstić information content (AvgIpc) is 2.70. The van der Waals surface area contributed by atoms with E-state index in [9.17, 15) is 22.8 Å². The third kappa shape index (κ3) is 5.27. The Kier molecular flexibility index (Phi) is 7.22. The van der Waals surface area contributed by atoms with Gasteiger partial charge in [0.25, 0.3) is 5.91 Å². The van der Waals surface area contributed by atoms with Crippen LogP contribution in [0.1, 0.15) is 34.3 Å². The van der Waals surface area contributed by atoms with Crippen LogP contribution in [-0.2, 0) is 11.3 Å². The van der Waals surface area contributed by atoms with Gasteiger partial charge in [-0.1, -0.05) is 5.92 Å². The molecule has 2 aromatic carbocycles. The number of anilines is 2. The Bertz CT molecular complexity index is 987. The Hall–Kier alpha value is -3.51. The summed E-state index contributed by atoms with van der Waals surface area (Å²) in [5.41, 5.74) is 3.87. The molecule has 2 amide bonds. The van der Waals surface area contributed by atoms with Crippen molar-refractivity contribution in [3.63, 3.8) is 0 Å². The second kappa shape index (κ2) is 9.61. The number of carbonyl (C=O) groups is 2. The normalized spacial score (nSPS) is 10.3. The lowest BCUT2D eigenvalue weighted by Crippen LogP contribution is -2.24. The predicted molar refractivity (Wildman–Crippen MR) is 101 cm³/mol. The van der Waals surface area contributed by atoms with E-state index in [1.807, 2.05) is 0 Å². The molecule has 0 unspecified atom stereocenters. The van der Waals surface area contributed by atoms with Gasteiger partial charge in [-0.15, -0.1) is 6.42 Å². The molecule has 0 aliphatic carbocycles. The van der Waals surface area contributed by atoms with Crippen molar-refractivity contribution in [2.24, 2.45) is 5.73 Å². The second-order valence-corrected chi connectivity index (χ2v) is 6.02. The van der Waals surface area contributed by atoms with Crippen LogP contribution >= 0.6 is 0 Å². The zero-order valence-electron chi connectivity index (χ0n) is 15.2. The number of primary amides is 1. The quantitative estimate of drug-likeness (QED) is 0.506. The predicted octanol–water partition coefficient (Wildman–Crippen LogP) is 2.32. The van der Waals surface area contributed by atoms with Gasteiger partial charge in [-0.25, -0.2) is 13.2 Å². The van der Waals surface area contributed by atoms with Crippen LogP contribution in [0.25, 0.3) is 0 Å². The Labute approximate surface area is 164 Å². The number of aliphatic hydroxyl groups is 1. The summed E-state index contributed by atoms with van der Waals surface area (Å²) in [4.78, 5) is 23.3. The van der Waals surface area contributed by atoms with Gasteiger partial charge < -0.3 is 21.5 Å². The van der Waals surface area contributed by atoms with Crippen molar-refractivity contribution in [3.8, 4) is 12.3 Å². The van der Waals surface area contributed by atoms with Crippen LogP contribution in [0.2, 0.25) is 0 Å². The van der Waals surface area contributed by atoms with Gasteiger partial charge in [-0.05, 0) is 30.7 Å². The number of aliphatic hydroxyl groups excluding tert-OH is 1. The van der Waals surface area contributed by atoms with E-state index in [0.29, 0.717) is 0 Å². The largest absolute Gasteiger partial charge is 0.396 e. The molecule has 0 aliphatic heterocycles. The van der Waals surface area contributed by atoms with Gasteiger partial charge in [0, 0.05) is 30.7 Å². The highest BCUT2D eigenvalue weighted by atomic mass is 19.2. The summed E-state index contributed by atoms with van der Waals surface area (Å²) in [5, 5.41) is 13.4. The second-order valence-electron chi connectivity index (χ2n) is 6.02. The molecule has 29 heavy (non-hydrogen) atoms. The van der Waals surface area contributed by atoms with Gasteiger partial charge in [0.05, 0.1) is 16.9 Å². The topological polar surface area (TPSA) is 104 Å². The maximum Gasteiger partial charge on any atom is 0.250 e. The van der Waals surface area contributed by atoms with Gasteiger partial charge >= 0.3 is 0 Å². The van der Waals surface area contributed by atoms with Crippen molar-refractivity contribution >= 4 is 23.2 Å². The summed E-state index contributed by atoms with van der Waals surface area (Å²) < 4.78 is 43.2.